The molecule has 0 heterocycles. The summed E-state index contributed by atoms with van der Waals surface area (Å²) in [7, 11) is 2.54. The third-order valence-corrected chi connectivity index (χ3v) is 1.40. The SMILES string of the molecule is C=CC(=O)OC.C=CC(O)C(=C)C(=O)OC. The van der Waals surface area contributed by atoms with Crippen molar-refractivity contribution in [1.29, 1.82) is 0 Å². The van der Waals surface area contributed by atoms with Crippen LogP contribution in [-0.4, -0.2) is 37.4 Å². The van der Waals surface area contributed by atoms with Gasteiger partial charge in [0.2, 0.25) is 0 Å². The van der Waals surface area contributed by atoms with Gasteiger partial charge in [0.05, 0.1) is 19.8 Å². The average molecular weight is 228 g/mol. The number of esters is 2. The molecule has 0 spiro atoms. The van der Waals surface area contributed by atoms with Crippen LogP contribution in [0, 0.1) is 0 Å². The van der Waals surface area contributed by atoms with E-state index in [4.69, 9.17) is 5.11 Å². The summed E-state index contributed by atoms with van der Waals surface area (Å²) in [5, 5.41) is 8.91. The Morgan fingerprint density at radius 3 is 1.94 bits per heavy atom. The van der Waals surface area contributed by atoms with E-state index in [-0.39, 0.29) is 5.57 Å². The van der Waals surface area contributed by atoms with Gasteiger partial charge in [-0.2, -0.15) is 0 Å². The number of carbonyl (C=O) groups excluding carboxylic acids is 2. The van der Waals surface area contributed by atoms with Gasteiger partial charge in [-0.15, -0.1) is 6.58 Å². The van der Waals surface area contributed by atoms with E-state index in [0.717, 1.165) is 6.08 Å². The Balaban J connectivity index is 0. The third-order valence-electron chi connectivity index (χ3n) is 1.40. The number of hydrogen-bond acceptors (Lipinski definition) is 5. The number of aliphatic hydroxyl groups excluding tert-OH is 1. The molecule has 5 nitrogen and oxygen atoms in total. The van der Waals surface area contributed by atoms with Gasteiger partial charge in [-0.3, -0.25) is 0 Å². The van der Waals surface area contributed by atoms with Gasteiger partial charge in [0, 0.05) is 6.08 Å². The molecule has 0 rings (SSSR count). The Labute approximate surface area is 94.7 Å². The molecule has 1 unspecified atom stereocenters. The summed E-state index contributed by atoms with van der Waals surface area (Å²) in [6.45, 7) is 9.74. The van der Waals surface area contributed by atoms with Crippen LogP contribution in [0.4, 0.5) is 0 Å². The van der Waals surface area contributed by atoms with Crippen LogP contribution >= 0.6 is 0 Å². The Morgan fingerprint density at radius 2 is 1.75 bits per heavy atom. The lowest BCUT2D eigenvalue weighted by Crippen LogP contribution is -2.15. The van der Waals surface area contributed by atoms with Crippen molar-refractivity contribution in [3.8, 4) is 0 Å². The molecule has 0 fully saturated rings. The smallest absolute Gasteiger partial charge is 0.336 e. The van der Waals surface area contributed by atoms with Gasteiger partial charge in [-0.05, 0) is 0 Å². The molecule has 0 amide bonds. The maximum Gasteiger partial charge on any atom is 0.336 e. The fourth-order valence-electron chi connectivity index (χ4n) is 0.477. The van der Waals surface area contributed by atoms with Crippen LogP contribution in [0.3, 0.4) is 0 Å². The number of carbonyl (C=O) groups is 2. The van der Waals surface area contributed by atoms with E-state index in [0.29, 0.717) is 0 Å². The topological polar surface area (TPSA) is 72.8 Å². The first-order chi connectivity index (χ1) is 7.44. The lowest BCUT2D eigenvalue weighted by molar-refractivity contribution is -0.137. The van der Waals surface area contributed by atoms with Crippen molar-refractivity contribution in [2.24, 2.45) is 0 Å². The van der Waals surface area contributed by atoms with E-state index < -0.39 is 18.0 Å². The summed E-state index contributed by atoms with van der Waals surface area (Å²) >= 11 is 0. The second-order valence-corrected chi connectivity index (χ2v) is 2.42. The Hall–Kier alpha value is -1.88. The van der Waals surface area contributed by atoms with Crippen molar-refractivity contribution >= 4 is 11.9 Å². The second kappa shape index (κ2) is 9.67. The number of methoxy groups -OCH3 is 2. The summed E-state index contributed by atoms with van der Waals surface area (Å²) in [4.78, 5) is 20.4. The van der Waals surface area contributed by atoms with E-state index in [9.17, 15) is 9.59 Å². The van der Waals surface area contributed by atoms with Gasteiger partial charge in [0.15, 0.2) is 0 Å². The van der Waals surface area contributed by atoms with Crippen molar-refractivity contribution in [2.75, 3.05) is 14.2 Å². The standard InChI is InChI=1S/C7H10O3.C4H6O2/c1-4-6(8)5(2)7(9)10-3;1-3-4(5)6-2/h4,6,8H,1-2H2,3H3;3H,1H2,2H3. The van der Waals surface area contributed by atoms with E-state index >= 15 is 0 Å². The van der Waals surface area contributed by atoms with Crippen LogP contribution in [0.25, 0.3) is 0 Å². The molecule has 0 bridgehead atoms. The summed E-state index contributed by atoms with van der Waals surface area (Å²) in [5.41, 5.74) is -0.00231. The normalized spacial score (nSPS) is 9.94. The highest BCUT2D eigenvalue weighted by molar-refractivity contribution is 5.89. The molecule has 5 heteroatoms. The molecule has 1 N–H and O–H groups in total. The van der Waals surface area contributed by atoms with Crippen molar-refractivity contribution in [1.82, 2.24) is 0 Å². The first kappa shape index (κ1) is 16.5. The Bertz CT molecular complexity index is 280. The van der Waals surface area contributed by atoms with Crippen molar-refractivity contribution in [3.05, 3.63) is 37.5 Å². The third kappa shape index (κ3) is 7.52. The first-order valence-electron chi connectivity index (χ1n) is 4.22. The van der Waals surface area contributed by atoms with Gasteiger partial charge in [-0.1, -0.05) is 19.2 Å². The van der Waals surface area contributed by atoms with Crippen LogP contribution in [0.15, 0.2) is 37.5 Å². The summed E-state index contributed by atoms with van der Waals surface area (Å²) in [5.74, 6) is -1.01. The van der Waals surface area contributed by atoms with Gasteiger partial charge >= 0.3 is 11.9 Å². The van der Waals surface area contributed by atoms with Gasteiger partial charge in [0.1, 0.15) is 6.10 Å². The molecular weight excluding hydrogens is 212 g/mol. The van der Waals surface area contributed by atoms with E-state index in [1.165, 1.54) is 20.3 Å². The highest BCUT2D eigenvalue weighted by Crippen LogP contribution is 2.01. The van der Waals surface area contributed by atoms with Crippen molar-refractivity contribution in [3.63, 3.8) is 0 Å². The summed E-state index contributed by atoms with van der Waals surface area (Å²) in [6, 6.07) is 0. The highest BCUT2D eigenvalue weighted by atomic mass is 16.5. The molecule has 0 saturated heterocycles. The lowest BCUT2D eigenvalue weighted by atomic mass is 10.2. The van der Waals surface area contributed by atoms with E-state index in [2.05, 4.69) is 29.2 Å². The van der Waals surface area contributed by atoms with Crippen LogP contribution in [0.1, 0.15) is 0 Å². The van der Waals surface area contributed by atoms with E-state index in [1.807, 2.05) is 0 Å². The highest BCUT2D eigenvalue weighted by Gasteiger charge is 2.12. The molecule has 90 valence electrons. The molecule has 0 aliphatic rings. The fourth-order valence-corrected chi connectivity index (χ4v) is 0.477. The molecule has 0 aliphatic carbocycles. The number of hydrogen-bond donors (Lipinski definition) is 1. The maximum absolute atomic E-state index is 10.6. The molecule has 0 aliphatic heterocycles. The summed E-state index contributed by atoms with van der Waals surface area (Å²) < 4.78 is 8.43. The average Bonchev–Trinajstić information content (AvgIpc) is 2.35. The maximum atomic E-state index is 10.6. The Kier molecular flexibility index (Phi) is 10.00. The van der Waals surface area contributed by atoms with Crippen LogP contribution < -0.4 is 0 Å². The first-order valence-corrected chi connectivity index (χ1v) is 4.22. The minimum absolute atomic E-state index is 0.00231. The van der Waals surface area contributed by atoms with Crippen molar-refractivity contribution < 1.29 is 24.2 Å². The number of aliphatic hydroxyl groups is 1. The Morgan fingerprint density at radius 1 is 1.25 bits per heavy atom. The molecule has 1 atom stereocenters. The molecule has 16 heavy (non-hydrogen) atoms. The molecule has 0 aromatic rings. The fraction of sp³-hybridized carbons (Fsp3) is 0.273. The van der Waals surface area contributed by atoms with E-state index in [1.54, 1.807) is 0 Å². The zero-order valence-electron chi connectivity index (χ0n) is 9.43. The molecule has 0 saturated carbocycles. The minimum atomic E-state index is -1.01. The van der Waals surface area contributed by atoms with Crippen LogP contribution in [0.5, 0.6) is 0 Å². The second-order valence-electron chi connectivity index (χ2n) is 2.42. The monoisotopic (exact) mass is 228 g/mol. The molecule has 0 aromatic heterocycles. The van der Waals surface area contributed by atoms with Crippen LogP contribution in [-0.2, 0) is 19.1 Å². The quantitative estimate of drug-likeness (QED) is 0.433. The number of ether oxygens (including phenoxy) is 2. The van der Waals surface area contributed by atoms with Crippen molar-refractivity contribution in [2.45, 2.75) is 6.10 Å². The summed E-state index contributed by atoms with van der Waals surface area (Å²) in [6.07, 6.45) is 1.31. The zero-order chi connectivity index (χ0) is 13.1. The van der Waals surface area contributed by atoms with Gasteiger partial charge in [-0.25, -0.2) is 9.59 Å². The predicted molar refractivity (Wildman–Crippen MR) is 59.6 cm³/mol. The number of rotatable bonds is 4. The minimum Gasteiger partial charge on any atom is -0.466 e. The van der Waals surface area contributed by atoms with Gasteiger partial charge < -0.3 is 14.6 Å². The lowest BCUT2D eigenvalue weighted by Gasteiger charge is -2.05. The van der Waals surface area contributed by atoms with Gasteiger partial charge in [0.25, 0.3) is 0 Å². The molecular formula is C11H16O5. The molecule has 0 radical (unpaired) electrons. The van der Waals surface area contributed by atoms with Crippen LogP contribution in [0.2, 0.25) is 0 Å². The zero-order valence-corrected chi connectivity index (χ0v) is 9.43. The predicted octanol–water partition coefficient (Wildman–Crippen LogP) is 0.608. The molecule has 0 aromatic carbocycles. The largest absolute Gasteiger partial charge is 0.466 e.